The molecule has 2 amide bonds. The van der Waals surface area contributed by atoms with E-state index in [0.29, 0.717) is 44.9 Å². The number of rotatable bonds is 2. The van der Waals surface area contributed by atoms with Crippen molar-refractivity contribution in [2.75, 3.05) is 32.7 Å². The fourth-order valence-electron chi connectivity index (χ4n) is 3.05. The van der Waals surface area contributed by atoms with Gasteiger partial charge in [0.1, 0.15) is 6.54 Å². The third-order valence-corrected chi connectivity index (χ3v) is 4.40. The van der Waals surface area contributed by atoms with Crippen LogP contribution in [0.3, 0.4) is 0 Å². The first-order chi connectivity index (χ1) is 9.87. The lowest BCUT2D eigenvalue weighted by molar-refractivity contribution is -0.146. The largest absolute Gasteiger partial charge is 0.406 e. The van der Waals surface area contributed by atoms with Crippen molar-refractivity contribution in [3.05, 3.63) is 0 Å². The van der Waals surface area contributed by atoms with Crippen LogP contribution in [0.2, 0.25) is 0 Å². The van der Waals surface area contributed by atoms with Gasteiger partial charge in [0.05, 0.1) is 0 Å². The number of piperidine rings is 2. The molecule has 1 N–H and O–H groups in total. The summed E-state index contributed by atoms with van der Waals surface area (Å²) in [6.07, 6.45) is -1.42. The van der Waals surface area contributed by atoms with Gasteiger partial charge in [0.2, 0.25) is 0 Å². The molecule has 21 heavy (non-hydrogen) atoms. The molecule has 4 nitrogen and oxygen atoms in total. The van der Waals surface area contributed by atoms with Crippen molar-refractivity contribution in [1.29, 1.82) is 0 Å². The standard InChI is InChI=1S/C14H24F3N3O/c1-11-4-8-19(9-5-11)13(21)20(10-14(15,16)17)12-2-6-18-7-3-12/h11-12,18H,2-10H2,1H3. The monoisotopic (exact) mass is 307 g/mol. The Morgan fingerprint density at radius 1 is 1.19 bits per heavy atom. The Labute approximate surface area is 123 Å². The van der Waals surface area contributed by atoms with Gasteiger partial charge in [-0.3, -0.25) is 0 Å². The Hall–Kier alpha value is -0.980. The molecule has 2 rings (SSSR count). The van der Waals surface area contributed by atoms with Crippen molar-refractivity contribution >= 4 is 6.03 Å². The lowest BCUT2D eigenvalue weighted by atomic mass is 9.99. The topological polar surface area (TPSA) is 35.6 Å². The third-order valence-electron chi connectivity index (χ3n) is 4.40. The van der Waals surface area contributed by atoms with E-state index < -0.39 is 18.8 Å². The molecule has 0 aromatic carbocycles. The highest BCUT2D eigenvalue weighted by molar-refractivity contribution is 5.75. The summed E-state index contributed by atoms with van der Waals surface area (Å²) < 4.78 is 38.5. The van der Waals surface area contributed by atoms with E-state index in [0.717, 1.165) is 17.7 Å². The van der Waals surface area contributed by atoms with Crippen LogP contribution in [0, 0.1) is 5.92 Å². The number of nitrogens with zero attached hydrogens (tertiary/aromatic N) is 2. The Morgan fingerprint density at radius 3 is 2.29 bits per heavy atom. The zero-order chi connectivity index (χ0) is 15.5. The van der Waals surface area contributed by atoms with E-state index in [1.807, 2.05) is 0 Å². The minimum absolute atomic E-state index is 0.306. The average molecular weight is 307 g/mol. The van der Waals surface area contributed by atoms with Crippen molar-refractivity contribution in [3.63, 3.8) is 0 Å². The van der Waals surface area contributed by atoms with Crippen molar-refractivity contribution < 1.29 is 18.0 Å². The van der Waals surface area contributed by atoms with Gasteiger partial charge in [-0.05, 0) is 44.7 Å². The lowest BCUT2D eigenvalue weighted by Gasteiger charge is -2.40. The highest BCUT2D eigenvalue weighted by Crippen LogP contribution is 2.24. The Morgan fingerprint density at radius 2 is 1.76 bits per heavy atom. The Kier molecular flexibility index (Phi) is 5.35. The molecule has 0 bridgehead atoms. The van der Waals surface area contributed by atoms with Crippen LogP contribution < -0.4 is 5.32 Å². The third kappa shape index (κ3) is 4.76. The second-order valence-electron chi connectivity index (χ2n) is 6.18. The van der Waals surface area contributed by atoms with E-state index in [2.05, 4.69) is 12.2 Å². The summed E-state index contributed by atoms with van der Waals surface area (Å²) in [5.74, 6) is 0.545. The molecule has 122 valence electrons. The highest BCUT2D eigenvalue weighted by atomic mass is 19.4. The second-order valence-corrected chi connectivity index (χ2v) is 6.18. The summed E-state index contributed by atoms with van der Waals surface area (Å²) >= 11 is 0. The lowest BCUT2D eigenvalue weighted by Crippen LogP contribution is -2.55. The van der Waals surface area contributed by atoms with Crippen LogP contribution in [0.1, 0.15) is 32.6 Å². The summed E-state index contributed by atoms with van der Waals surface area (Å²) in [5, 5.41) is 3.12. The number of hydrogen-bond donors (Lipinski definition) is 1. The molecule has 2 aliphatic heterocycles. The highest BCUT2D eigenvalue weighted by Gasteiger charge is 2.38. The van der Waals surface area contributed by atoms with Crippen LogP contribution >= 0.6 is 0 Å². The number of nitrogens with one attached hydrogen (secondary N) is 1. The van der Waals surface area contributed by atoms with Gasteiger partial charge in [0.25, 0.3) is 0 Å². The van der Waals surface area contributed by atoms with Crippen molar-refractivity contribution in [1.82, 2.24) is 15.1 Å². The molecule has 2 aliphatic rings. The van der Waals surface area contributed by atoms with Crippen LogP contribution in [-0.4, -0.2) is 60.8 Å². The van der Waals surface area contributed by atoms with Crippen LogP contribution in [-0.2, 0) is 0 Å². The molecule has 7 heteroatoms. The fourth-order valence-corrected chi connectivity index (χ4v) is 3.05. The van der Waals surface area contributed by atoms with Crippen LogP contribution in [0.5, 0.6) is 0 Å². The van der Waals surface area contributed by atoms with E-state index in [4.69, 9.17) is 0 Å². The van der Waals surface area contributed by atoms with Gasteiger partial charge in [-0.25, -0.2) is 4.79 Å². The number of likely N-dealkylation sites (tertiary alicyclic amines) is 1. The predicted molar refractivity (Wildman–Crippen MR) is 74.0 cm³/mol. The fraction of sp³-hybridized carbons (Fsp3) is 0.929. The molecule has 0 atom stereocenters. The van der Waals surface area contributed by atoms with Gasteiger partial charge >= 0.3 is 12.2 Å². The maximum atomic E-state index is 12.8. The number of urea groups is 1. The zero-order valence-electron chi connectivity index (χ0n) is 12.5. The molecular weight excluding hydrogens is 283 g/mol. The Bertz CT molecular complexity index is 348. The van der Waals surface area contributed by atoms with Gasteiger partial charge in [0, 0.05) is 19.1 Å². The summed E-state index contributed by atoms with van der Waals surface area (Å²) in [7, 11) is 0. The molecule has 0 aromatic rings. The minimum atomic E-state index is -4.34. The molecule has 2 heterocycles. The Balaban J connectivity index is 2.04. The molecule has 2 saturated heterocycles. The molecule has 0 aliphatic carbocycles. The maximum absolute atomic E-state index is 12.8. The van der Waals surface area contributed by atoms with Gasteiger partial charge in [-0.2, -0.15) is 13.2 Å². The molecule has 0 unspecified atom stereocenters. The summed E-state index contributed by atoms with van der Waals surface area (Å²) in [4.78, 5) is 15.2. The average Bonchev–Trinajstić information content (AvgIpc) is 2.45. The number of carbonyl (C=O) groups excluding carboxylic acids is 1. The van der Waals surface area contributed by atoms with Crippen molar-refractivity contribution in [2.45, 2.75) is 44.8 Å². The molecule has 0 radical (unpaired) electrons. The first-order valence-electron chi connectivity index (χ1n) is 7.70. The van der Waals surface area contributed by atoms with E-state index in [9.17, 15) is 18.0 Å². The maximum Gasteiger partial charge on any atom is 0.406 e. The molecule has 0 spiro atoms. The summed E-state index contributed by atoms with van der Waals surface area (Å²) in [5.41, 5.74) is 0. The van der Waals surface area contributed by atoms with E-state index in [-0.39, 0.29) is 6.04 Å². The van der Waals surface area contributed by atoms with Gasteiger partial charge in [0.15, 0.2) is 0 Å². The molecule has 2 fully saturated rings. The minimum Gasteiger partial charge on any atom is -0.325 e. The molecule has 0 aromatic heterocycles. The van der Waals surface area contributed by atoms with Crippen LogP contribution in [0.15, 0.2) is 0 Å². The van der Waals surface area contributed by atoms with Gasteiger partial charge < -0.3 is 15.1 Å². The van der Waals surface area contributed by atoms with Crippen LogP contribution in [0.4, 0.5) is 18.0 Å². The van der Waals surface area contributed by atoms with Gasteiger partial charge in [-0.1, -0.05) is 6.92 Å². The van der Waals surface area contributed by atoms with Gasteiger partial charge in [-0.15, -0.1) is 0 Å². The normalized spacial score (nSPS) is 22.4. The van der Waals surface area contributed by atoms with E-state index >= 15 is 0 Å². The first-order valence-corrected chi connectivity index (χ1v) is 7.70. The van der Waals surface area contributed by atoms with E-state index in [1.54, 1.807) is 4.90 Å². The SMILES string of the molecule is CC1CCN(C(=O)N(CC(F)(F)F)C2CCNCC2)CC1. The second kappa shape index (κ2) is 6.85. The van der Waals surface area contributed by atoms with Crippen LogP contribution in [0.25, 0.3) is 0 Å². The van der Waals surface area contributed by atoms with Crippen molar-refractivity contribution in [3.8, 4) is 0 Å². The molecule has 0 saturated carbocycles. The number of carbonyl (C=O) groups is 1. The quantitative estimate of drug-likeness (QED) is 0.850. The number of hydrogen-bond acceptors (Lipinski definition) is 2. The number of halogens is 3. The molecular formula is C14H24F3N3O. The summed E-state index contributed by atoms with van der Waals surface area (Å²) in [6, 6.07) is -0.745. The zero-order valence-corrected chi connectivity index (χ0v) is 12.5. The summed E-state index contributed by atoms with van der Waals surface area (Å²) in [6.45, 7) is 3.45. The van der Waals surface area contributed by atoms with Crippen molar-refractivity contribution in [2.24, 2.45) is 5.92 Å². The number of alkyl halides is 3. The van der Waals surface area contributed by atoms with E-state index in [1.165, 1.54) is 0 Å². The number of amides is 2. The smallest absolute Gasteiger partial charge is 0.325 e. The first kappa shape index (κ1) is 16.4. The predicted octanol–water partition coefficient (Wildman–Crippen LogP) is 2.45.